The maximum Gasteiger partial charge on any atom is 0.320 e. The summed E-state index contributed by atoms with van der Waals surface area (Å²) in [5.74, 6) is 0.556. The second-order valence-electron chi connectivity index (χ2n) is 6.58. The van der Waals surface area contributed by atoms with Crippen LogP contribution < -0.4 is 10.1 Å². The first-order valence-electron chi connectivity index (χ1n) is 9.26. The highest BCUT2D eigenvalue weighted by molar-refractivity contribution is 5.77. The maximum atomic E-state index is 13.5. The van der Waals surface area contributed by atoms with Gasteiger partial charge in [0.25, 0.3) is 0 Å². The number of alkyl halides is 2. The fourth-order valence-corrected chi connectivity index (χ4v) is 3.00. The van der Waals surface area contributed by atoms with Gasteiger partial charge in [-0.1, -0.05) is 37.3 Å². The normalized spacial score (nSPS) is 12.3. The summed E-state index contributed by atoms with van der Waals surface area (Å²) in [6, 6.07) is 16.2. The minimum atomic E-state index is -2.68. The van der Waals surface area contributed by atoms with Crippen molar-refractivity contribution in [2.45, 2.75) is 32.2 Å². The Morgan fingerprint density at radius 1 is 1.14 bits per heavy atom. The lowest BCUT2D eigenvalue weighted by atomic mass is 10.1. The van der Waals surface area contributed by atoms with E-state index in [9.17, 15) is 13.6 Å². The van der Waals surface area contributed by atoms with Gasteiger partial charge in [-0.2, -0.15) is 8.78 Å². The van der Waals surface area contributed by atoms with Gasteiger partial charge >= 0.3 is 6.55 Å². The quantitative estimate of drug-likeness (QED) is 0.550. The molecule has 0 saturated carbocycles. The molecule has 7 heteroatoms. The van der Waals surface area contributed by atoms with Crippen molar-refractivity contribution in [1.82, 2.24) is 14.9 Å². The third-order valence-electron chi connectivity index (χ3n) is 4.42. The number of carbonyl (C=O) groups excluding carboxylic acids is 1. The molecular weight excluding hydrogens is 364 g/mol. The van der Waals surface area contributed by atoms with Crippen molar-refractivity contribution in [3.8, 4) is 5.75 Å². The van der Waals surface area contributed by atoms with Gasteiger partial charge in [0.15, 0.2) is 0 Å². The van der Waals surface area contributed by atoms with Crippen LogP contribution in [-0.4, -0.2) is 28.6 Å². The zero-order valence-electron chi connectivity index (χ0n) is 15.6. The number of ether oxygens (including phenoxy) is 1. The predicted octanol–water partition coefficient (Wildman–Crippen LogP) is 4.51. The number of hydrogen-bond acceptors (Lipinski definition) is 3. The largest absolute Gasteiger partial charge is 0.494 e. The zero-order chi connectivity index (χ0) is 19.9. The lowest BCUT2D eigenvalue weighted by Crippen LogP contribution is -2.28. The average molecular weight is 387 g/mol. The number of para-hydroxylation sites is 3. The van der Waals surface area contributed by atoms with E-state index < -0.39 is 6.55 Å². The Bertz CT molecular complexity index is 912. The number of imidazole rings is 1. The monoisotopic (exact) mass is 387 g/mol. The Hall–Kier alpha value is -2.96. The number of rotatable bonds is 9. The topological polar surface area (TPSA) is 56.1 Å². The first-order chi connectivity index (χ1) is 13.6. The SMILES string of the molecule is CC(CNC(=O)CCCOc1ccccc1)c1nc2ccccc2n1C(F)F. The number of nitrogens with zero attached hydrogens (tertiary/aromatic N) is 2. The second-order valence-corrected chi connectivity index (χ2v) is 6.58. The predicted molar refractivity (Wildman–Crippen MR) is 104 cm³/mol. The van der Waals surface area contributed by atoms with Gasteiger partial charge in [0.05, 0.1) is 17.6 Å². The Balaban J connectivity index is 1.50. The molecule has 0 aliphatic heterocycles. The molecule has 1 unspecified atom stereocenters. The highest BCUT2D eigenvalue weighted by Crippen LogP contribution is 2.27. The fraction of sp³-hybridized carbons (Fsp3) is 0.333. The number of fused-ring (bicyclic) bond motifs is 1. The molecule has 148 valence electrons. The van der Waals surface area contributed by atoms with E-state index in [0.717, 1.165) is 10.3 Å². The summed E-state index contributed by atoms with van der Waals surface area (Å²) in [7, 11) is 0. The van der Waals surface area contributed by atoms with Gasteiger partial charge in [0, 0.05) is 18.9 Å². The molecule has 0 radical (unpaired) electrons. The van der Waals surface area contributed by atoms with Crippen LogP contribution >= 0.6 is 0 Å². The van der Waals surface area contributed by atoms with E-state index in [-0.39, 0.29) is 24.2 Å². The molecule has 1 heterocycles. The molecule has 3 rings (SSSR count). The van der Waals surface area contributed by atoms with Crippen molar-refractivity contribution in [2.75, 3.05) is 13.2 Å². The van der Waals surface area contributed by atoms with E-state index in [1.54, 1.807) is 31.2 Å². The summed E-state index contributed by atoms with van der Waals surface area (Å²) < 4.78 is 33.5. The average Bonchev–Trinajstić information content (AvgIpc) is 3.10. The van der Waals surface area contributed by atoms with Crippen LogP contribution in [0.1, 0.15) is 38.1 Å². The maximum absolute atomic E-state index is 13.5. The molecule has 0 aliphatic rings. The lowest BCUT2D eigenvalue weighted by molar-refractivity contribution is -0.121. The van der Waals surface area contributed by atoms with Crippen LogP contribution in [0.4, 0.5) is 8.78 Å². The van der Waals surface area contributed by atoms with Crippen LogP contribution in [0, 0.1) is 0 Å². The number of hydrogen-bond donors (Lipinski definition) is 1. The molecule has 1 amide bonds. The number of nitrogens with one attached hydrogen (secondary N) is 1. The Labute approximate surface area is 162 Å². The van der Waals surface area contributed by atoms with E-state index in [0.29, 0.717) is 30.5 Å². The van der Waals surface area contributed by atoms with Gasteiger partial charge in [-0.25, -0.2) is 4.98 Å². The number of halogens is 2. The minimum Gasteiger partial charge on any atom is -0.494 e. The van der Waals surface area contributed by atoms with E-state index >= 15 is 0 Å². The molecule has 1 N–H and O–H groups in total. The molecule has 0 bridgehead atoms. The molecule has 0 saturated heterocycles. The van der Waals surface area contributed by atoms with Crippen molar-refractivity contribution in [3.63, 3.8) is 0 Å². The minimum absolute atomic E-state index is 0.136. The van der Waals surface area contributed by atoms with Crippen molar-refractivity contribution in [3.05, 3.63) is 60.4 Å². The number of carbonyl (C=O) groups is 1. The number of aromatic nitrogens is 2. The van der Waals surface area contributed by atoms with E-state index in [2.05, 4.69) is 10.3 Å². The molecule has 28 heavy (non-hydrogen) atoms. The van der Waals surface area contributed by atoms with E-state index in [1.165, 1.54) is 0 Å². The van der Waals surface area contributed by atoms with Crippen LogP contribution in [0.15, 0.2) is 54.6 Å². The van der Waals surface area contributed by atoms with Crippen LogP contribution in [-0.2, 0) is 4.79 Å². The highest BCUT2D eigenvalue weighted by atomic mass is 19.3. The second kappa shape index (κ2) is 9.30. The third-order valence-corrected chi connectivity index (χ3v) is 4.42. The summed E-state index contributed by atoms with van der Waals surface area (Å²) in [5, 5.41) is 2.80. The summed E-state index contributed by atoms with van der Waals surface area (Å²) in [6.45, 7) is -0.225. The van der Waals surface area contributed by atoms with Gasteiger partial charge in [-0.05, 0) is 30.7 Å². The van der Waals surface area contributed by atoms with Gasteiger partial charge < -0.3 is 10.1 Å². The van der Waals surface area contributed by atoms with Crippen molar-refractivity contribution < 1.29 is 18.3 Å². The van der Waals surface area contributed by atoms with Crippen LogP contribution in [0.3, 0.4) is 0 Å². The first-order valence-corrected chi connectivity index (χ1v) is 9.26. The Kier molecular flexibility index (Phi) is 6.57. The molecule has 0 fully saturated rings. The zero-order valence-corrected chi connectivity index (χ0v) is 15.6. The number of benzene rings is 2. The molecule has 3 aromatic rings. The molecule has 5 nitrogen and oxygen atoms in total. The smallest absolute Gasteiger partial charge is 0.320 e. The summed E-state index contributed by atoms with van der Waals surface area (Å²) in [4.78, 5) is 16.4. The molecule has 1 aromatic heterocycles. The first kappa shape index (κ1) is 19.8. The molecule has 0 spiro atoms. The molecular formula is C21H23F2N3O2. The van der Waals surface area contributed by atoms with Crippen LogP contribution in [0.5, 0.6) is 5.75 Å². The van der Waals surface area contributed by atoms with Crippen molar-refractivity contribution in [2.24, 2.45) is 0 Å². The van der Waals surface area contributed by atoms with Gasteiger partial charge in [0.2, 0.25) is 5.91 Å². The van der Waals surface area contributed by atoms with E-state index in [1.807, 2.05) is 30.3 Å². The van der Waals surface area contributed by atoms with Crippen LogP contribution in [0.25, 0.3) is 11.0 Å². The lowest BCUT2D eigenvalue weighted by Gasteiger charge is -2.15. The highest BCUT2D eigenvalue weighted by Gasteiger charge is 2.22. The Morgan fingerprint density at radius 2 is 1.86 bits per heavy atom. The third kappa shape index (κ3) is 4.85. The summed E-state index contributed by atoms with van der Waals surface area (Å²) in [5.41, 5.74) is 0.915. The Morgan fingerprint density at radius 3 is 2.61 bits per heavy atom. The van der Waals surface area contributed by atoms with Crippen LogP contribution in [0.2, 0.25) is 0 Å². The standard InChI is InChI=1S/C21H23F2N3O2/c1-15(20-25-17-10-5-6-11-18(17)26(20)21(22)23)14-24-19(27)12-7-13-28-16-8-3-2-4-9-16/h2-6,8-11,15,21H,7,12-14H2,1H3,(H,24,27). The van der Waals surface area contributed by atoms with Gasteiger partial charge in [-0.3, -0.25) is 9.36 Å². The van der Waals surface area contributed by atoms with Gasteiger partial charge in [-0.15, -0.1) is 0 Å². The van der Waals surface area contributed by atoms with Gasteiger partial charge in [0.1, 0.15) is 11.6 Å². The molecule has 2 aromatic carbocycles. The summed E-state index contributed by atoms with van der Waals surface area (Å²) >= 11 is 0. The molecule has 0 aliphatic carbocycles. The fourth-order valence-electron chi connectivity index (χ4n) is 3.00. The van der Waals surface area contributed by atoms with Crippen molar-refractivity contribution in [1.29, 1.82) is 0 Å². The van der Waals surface area contributed by atoms with E-state index in [4.69, 9.17) is 4.74 Å². The van der Waals surface area contributed by atoms with Crippen molar-refractivity contribution >= 4 is 16.9 Å². The summed E-state index contributed by atoms with van der Waals surface area (Å²) in [6.07, 6.45) is 0.884. The number of amides is 1. The molecule has 1 atom stereocenters.